The number of hydrogen-bond acceptors (Lipinski definition) is 5. The number of rotatable bonds is 6. The fourth-order valence-corrected chi connectivity index (χ4v) is 2.06. The number of nitrogens with two attached hydrogens (primary N) is 1. The minimum Gasteiger partial charge on any atom is -0.367 e. The number of anilines is 2. The second kappa shape index (κ2) is 11.9. The van der Waals surface area contributed by atoms with Crippen molar-refractivity contribution < 1.29 is 9.59 Å². The minimum absolute atomic E-state index is 0. The first-order valence-corrected chi connectivity index (χ1v) is 8.33. The lowest BCUT2D eigenvalue weighted by molar-refractivity contribution is -0.115. The molecular weight excluding hydrogens is 394 g/mol. The van der Waals surface area contributed by atoms with Gasteiger partial charge in [-0.05, 0) is 35.4 Å². The van der Waals surface area contributed by atoms with Gasteiger partial charge in [0.2, 0.25) is 17.8 Å². The SMILES string of the molecule is CC(=O)Nc1ccc(/C=N/N=C(\N)N/N=C/c2ccc(NC(C)=O)cc2)cc1.Cl. The topological polar surface area (TPSA) is 133 Å². The van der Waals surface area contributed by atoms with Gasteiger partial charge >= 0.3 is 0 Å². The number of nitrogens with zero attached hydrogens (tertiary/aromatic N) is 3. The Hall–Kier alpha value is -3.72. The zero-order valence-corrected chi connectivity index (χ0v) is 16.7. The fourth-order valence-electron chi connectivity index (χ4n) is 2.06. The van der Waals surface area contributed by atoms with Crippen molar-refractivity contribution in [3.05, 3.63) is 59.7 Å². The summed E-state index contributed by atoms with van der Waals surface area (Å²) in [6.45, 7) is 2.90. The van der Waals surface area contributed by atoms with Crippen LogP contribution < -0.4 is 21.8 Å². The molecular formula is C19H22ClN7O2. The molecule has 0 saturated heterocycles. The van der Waals surface area contributed by atoms with Gasteiger partial charge in [0.05, 0.1) is 12.4 Å². The van der Waals surface area contributed by atoms with Crippen LogP contribution in [-0.2, 0) is 9.59 Å². The van der Waals surface area contributed by atoms with Crippen molar-refractivity contribution in [2.24, 2.45) is 21.0 Å². The second-order valence-corrected chi connectivity index (χ2v) is 5.71. The number of nitrogens with one attached hydrogen (secondary N) is 3. The van der Waals surface area contributed by atoms with Gasteiger partial charge in [0.25, 0.3) is 0 Å². The standard InChI is InChI=1S/C19H21N7O2.ClH/c1-13(27)23-17-7-3-15(4-8-17)11-21-25-19(20)26-22-12-16-5-9-18(10-6-16)24-14(2)28;/h3-12H,1-2H3,(H,23,27)(H,24,28)(H3,20,25,26);1H/b21-11+,22-12+;. The third-order valence-electron chi connectivity index (χ3n) is 3.23. The Morgan fingerprint density at radius 3 is 1.72 bits per heavy atom. The van der Waals surface area contributed by atoms with Crippen LogP contribution in [0, 0.1) is 0 Å². The molecule has 152 valence electrons. The summed E-state index contributed by atoms with van der Waals surface area (Å²) in [6, 6.07) is 14.2. The van der Waals surface area contributed by atoms with Crippen molar-refractivity contribution in [3.63, 3.8) is 0 Å². The molecule has 0 spiro atoms. The Balaban J connectivity index is 0.00000420. The number of carbonyl (C=O) groups excluding carboxylic acids is 2. The summed E-state index contributed by atoms with van der Waals surface area (Å²) in [4.78, 5) is 21.9. The molecule has 2 amide bonds. The molecule has 2 rings (SSSR count). The third kappa shape index (κ3) is 9.16. The molecule has 0 radical (unpaired) electrons. The minimum atomic E-state index is -0.130. The summed E-state index contributed by atoms with van der Waals surface area (Å²) >= 11 is 0. The third-order valence-corrected chi connectivity index (χ3v) is 3.23. The monoisotopic (exact) mass is 415 g/mol. The predicted octanol–water partition coefficient (Wildman–Crippen LogP) is 2.30. The first-order valence-electron chi connectivity index (χ1n) is 8.33. The summed E-state index contributed by atoms with van der Waals surface area (Å²) < 4.78 is 0. The molecule has 0 bridgehead atoms. The normalized spacial score (nSPS) is 11.2. The lowest BCUT2D eigenvalue weighted by Gasteiger charge is -2.01. The van der Waals surface area contributed by atoms with E-state index < -0.39 is 0 Å². The first kappa shape index (κ1) is 23.3. The Bertz CT molecular complexity index is 907. The van der Waals surface area contributed by atoms with Crippen molar-refractivity contribution in [1.82, 2.24) is 5.43 Å². The van der Waals surface area contributed by atoms with Crippen molar-refractivity contribution >= 4 is 54.0 Å². The molecule has 9 nitrogen and oxygen atoms in total. The smallest absolute Gasteiger partial charge is 0.234 e. The summed E-state index contributed by atoms with van der Waals surface area (Å²) in [5, 5.41) is 17.0. The van der Waals surface area contributed by atoms with E-state index in [0.717, 1.165) is 11.1 Å². The largest absolute Gasteiger partial charge is 0.367 e. The average Bonchev–Trinajstić information content (AvgIpc) is 2.64. The lowest BCUT2D eigenvalue weighted by atomic mass is 10.2. The maximum atomic E-state index is 11.0. The molecule has 0 aromatic heterocycles. The second-order valence-electron chi connectivity index (χ2n) is 5.71. The Labute approximate surface area is 174 Å². The van der Waals surface area contributed by atoms with Gasteiger partial charge in [0.1, 0.15) is 0 Å². The summed E-state index contributed by atoms with van der Waals surface area (Å²) in [7, 11) is 0. The summed E-state index contributed by atoms with van der Waals surface area (Å²) in [5.74, 6) is -0.234. The van der Waals surface area contributed by atoms with E-state index in [4.69, 9.17) is 5.73 Å². The van der Waals surface area contributed by atoms with Gasteiger partial charge in [-0.2, -0.15) is 10.2 Å². The Morgan fingerprint density at radius 1 is 0.828 bits per heavy atom. The van der Waals surface area contributed by atoms with Crippen LogP contribution in [0.4, 0.5) is 11.4 Å². The number of hydrazone groups is 1. The Kier molecular flexibility index (Phi) is 9.55. The van der Waals surface area contributed by atoms with Crippen molar-refractivity contribution in [1.29, 1.82) is 0 Å². The van der Waals surface area contributed by atoms with E-state index in [1.54, 1.807) is 54.7 Å². The van der Waals surface area contributed by atoms with Gasteiger partial charge in [0, 0.05) is 25.2 Å². The van der Waals surface area contributed by atoms with Crippen LogP contribution in [0.15, 0.2) is 63.8 Å². The van der Waals surface area contributed by atoms with Gasteiger partial charge < -0.3 is 16.4 Å². The molecule has 2 aromatic carbocycles. The van der Waals surface area contributed by atoms with Crippen LogP contribution in [0.1, 0.15) is 25.0 Å². The van der Waals surface area contributed by atoms with Gasteiger partial charge in [-0.1, -0.05) is 24.3 Å². The zero-order valence-electron chi connectivity index (χ0n) is 15.9. The molecule has 0 saturated carbocycles. The molecule has 0 aliphatic heterocycles. The maximum absolute atomic E-state index is 11.0. The van der Waals surface area contributed by atoms with Crippen LogP contribution in [0.25, 0.3) is 0 Å². The zero-order chi connectivity index (χ0) is 20.4. The van der Waals surface area contributed by atoms with Crippen LogP contribution >= 0.6 is 12.4 Å². The molecule has 2 aromatic rings. The molecule has 0 aliphatic rings. The quantitative estimate of drug-likeness (QED) is 0.327. The molecule has 0 unspecified atom stereocenters. The van der Waals surface area contributed by atoms with Crippen molar-refractivity contribution in [3.8, 4) is 0 Å². The van der Waals surface area contributed by atoms with Gasteiger partial charge in [-0.25, -0.2) is 5.43 Å². The van der Waals surface area contributed by atoms with Crippen LogP contribution in [-0.4, -0.2) is 30.2 Å². The maximum Gasteiger partial charge on any atom is 0.234 e. The van der Waals surface area contributed by atoms with E-state index in [1.807, 2.05) is 0 Å². The van der Waals surface area contributed by atoms with E-state index in [0.29, 0.717) is 11.4 Å². The molecule has 0 fully saturated rings. The highest BCUT2D eigenvalue weighted by molar-refractivity contribution is 5.90. The van der Waals surface area contributed by atoms with Gasteiger partial charge in [-0.3, -0.25) is 9.59 Å². The highest BCUT2D eigenvalue weighted by atomic mass is 35.5. The number of guanidine groups is 1. The highest BCUT2D eigenvalue weighted by Crippen LogP contribution is 2.08. The van der Waals surface area contributed by atoms with Crippen molar-refractivity contribution in [2.75, 3.05) is 10.6 Å². The van der Waals surface area contributed by atoms with E-state index in [2.05, 4.69) is 31.4 Å². The molecule has 10 heteroatoms. The average molecular weight is 416 g/mol. The van der Waals surface area contributed by atoms with Crippen LogP contribution in [0.3, 0.4) is 0 Å². The summed E-state index contributed by atoms with van der Waals surface area (Å²) in [6.07, 6.45) is 3.08. The van der Waals surface area contributed by atoms with Crippen LogP contribution in [0.2, 0.25) is 0 Å². The summed E-state index contributed by atoms with van der Waals surface area (Å²) in [5.41, 5.74) is 11.3. The molecule has 5 N–H and O–H groups in total. The van der Waals surface area contributed by atoms with E-state index in [-0.39, 0.29) is 30.2 Å². The highest BCUT2D eigenvalue weighted by Gasteiger charge is 1.96. The first-order chi connectivity index (χ1) is 13.4. The predicted molar refractivity (Wildman–Crippen MR) is 119 cm³/mol. The molecule has 29 heavy (non-hydrogen) atoms. The number of benzene rings is 2. The lowest BCUT2D eigenvalue weighted by Crippen LogP contribution is -2.26. The van der Waals surface area contributed by atoms with E-state index >= 15 is 0 Å². The van der Waals surface area contributed by atoms with E-state index in [9.17, 15) is 9.59 Å². The number of halogens is 1. The molecule has 0 atom stereocenters. The van der Waals surface area contributed by atoms with Crippen LogP contribution in [0.5, 0.6) is 0 Å². The van der Waals surface area contributed by atoms with E-state index in [1.165, 1.54) is 20.1 Å². The van der Waals surface area contributed by atoms with Gasteiger partial charge in [-0.15, -0.1) is 17.5 Å². The number of hydrogen-bond donors (Lipinski definition) is 4. The molecule has 0 aliphatic carbocycles. The van der Waals surface area contributed by atoms with Crippen molar-refractivity contribution in [2.45, 2.75) is 13.8 Å². The van der Waals surface area contributed by atoms with Gasteiger partial charge in [0.15, 0.2) is 0 Å². The fraction of sp³-hybridized carbons (Fsp3) is 0.105. The molecule has 0 heterocycles. The Morgan fingerprint density at radius 2 is 1.28 bits per heavy atom. The number of amides is 2. The number of carbonyl (C=O) groups is 2.